The van der Waals surface area contributed by atoms with Crippen molar-refractivity contribution < 1.29 is 5.11 Å². The van der Waals surface area contributed by atoms with Gasteiger partial charge in [-0.15, -0.1) is 0 Å². The Morgan fingerprint density at radius 2 is 1.82 bits per heavy atom. The van der Waals surface area contributed by atoms with E-state index in [1.54, 1.807) is 6.07 Å². The number of nitrogens with one attached hydrogen (secondary N) is 1. The summed E-state index contributed by atoms with van der Waals surface area (Å²) in [5.74, 6) is 0.374. The fourth-order valence-corrected chi connectivity index (χ4v) is 2.42. The molecule has 1 rings (SSSR count). The maximum Gasteiger partial charge on any atom is 0.120 e. The summed E-state index contributed by atoms with van der Waals surface area (Å²) in [6, 6.07) is 6.34. The molecule has 0 fully saturated rings. The second-order valence-corrected chi connectivity index (χ2v) is 5.26. The Bertz CT molecular complexity index is 350. The molecule has 96 valence electrons. The van der Waals surface area contributed by atoms with Crippen LogP contribution in [0.15, 0.2) is 22.7 Å². The predicted octanol–water partition coefficient (Wildman–Crippen LogP) is 4.38. The van der Waals surface area contributed by atoms with Gasteiger partial charge in [0.05, 0.1) is 0 Å². The third-order valence-corrected chi connectivity index (χ3v) is 3.69. The van der Waals surface area contributed by atoms with E-state index in [-0.39, 0.29) is 6.04 Å². The van der Waals surface area contributed by atoms with Crippen molar-refractivity contribution in [1.82, 2.24) is 5.32 Å². The van der Waals surface area contributed by atoms with Crippen molar-refractivity contribution in [2.24, 2.45) is 0 Å². The predicted molar refractivity (Wildman–Crippen MR) is 76.3 cm³/mol. The fourth-order valence-electron chi connectivity index (χ4n) is 2.04. The molecule has 0 spiro atoms. The molecule has 0 aliphatic carbocycles. The van der Waals surface area contributed by atoms with E-state index in [2.05, 4.69) is 42.0 Å². The molecule has 17 heavy (non-hydrogen) atoms. The molecule has 1 aromatic carbocycles. The van der Waals surface area contributed by atoms with E-state index in [1.165, 1.54) is 0 Å². The van der Waals surface area contributed by atoms with Crippen LogP contribution in [0.25, 0.3) is 0 Å². The van der Waals surface area contributed by atoms with Crippen LogP contribution in [0.4, 0.5) is 0 Å². The van der Waals surface area contributed by atoms with Crippen molar-refractivity contribution in [2.75, 3.05) is 0 Å². The normalized spacial score (nSPS) is 13.0. The van der Waals surface area contributed by atoms with Gasteiger partial charge in [-0.3, -0.25) is 0 Å². The summed E-state index contributed by atoms with van der Waals surface area (Å²) >= 11 is 3.46. The van der Waals surface area contributed by atoms with Crippen molar-refractivity contribution in [3.63, 3.8) is 0 Å². The number of rotatable bonds is 6. The van der Waals surface area contributed by atoms with E-state index < -0.39 is 0 Å². The number of halogens is 1. The maximum absolute atomic E-state index is 9.93. The summed E-state index contributed by atoms with van der Waals surface area (Å²) in [4.78, 5) is 0. The minimum atomic E-state index is 0.220. The molecular formula is C14H22BrNO. The zero-order valence-electron chi connectivity index (χ0n) is 10.8. The van der Waals surface area contributed by atoms with Gasteiger partial charge >= 0.3 is 0 Å². The van der Waals surface area contributed by atoms with Crippen LogP contribution in [-0.4, -0.2) is 11.1 Å². The number of aromatic hydroxyl groups is 1. The minimum absolute atomic E-state index is 0.220. The molecule has 0 radical (unpaired) electrons. The lowest BCUT2D eigenvalue weighted by molar-refractivity contribution is 0.389. The summed E-state index contributed by atoms with van der Waals surface area (Å²) in [6.07, 6.45) is 3.20. The van der Waals surface area contributed by atoms with Crippen LogP contribution in [0.1, 0.15) is 51.6 Å². The van der Waals surface area contributed by atoms with Crippen molar-refractivity contribution in [3.05, 3.63) is 28.2 Å². The molecule has 0 amide bonds. The summed E-state index contributed by atoms with van der Waals surface area (Å²) in [7, 11) is 0. The van der Waals surface area contributed by atoms with Gasteiger partial charge in [0.2, 0.25) is 0 Å². The highest BCUT2D eigenvalue weighted by molar-refractivity contribution is 9.10. The topological polar surface area (TPSA) is 32.3 Å². The molecule has 1 unspecified atom stereocenters. The van der Waals surface area contributed by atoms with Crippen LogP contribution in [0.5, 0.6) is 5.75 Å². The third kappa shape index (κ3) is 4.00. The van der Waals surface area contributed by atoms with Crippen molar-refractivity contribution in [2.45, 2.75) is 52.1 Å². The van der Waals surface area contributed by atoms with Gasteiger partial charge < -0.3 is 10.4 Å². The van der Waals surface area contributed by atoms with Crippen LogP contribution in [0.2, 0.25) is 0 Å². The monoisotopic (exact) mass is 299 g/mol. The Kier molecular flexibility index (Phi) is 6.00. The van der Waals surface area contributed by atoms with Crippen LogP contribution in [-0.2, 0) is 0 Å². The van der Waals surface area contributed by atoms with E-state index in [1.807, 2.05) is 12.1 Å². The van der Waals surface area contributed by atoms with Gasteiger partial charge in [0.15, 0.2) is 0 Å². The lowest BCUT2D eigenvalue weighted by Crippen LogP contribution is -2.31. The molecule has 0 aliphatic rings. The molecular weight excluding hydrogens is 278 g/mol. The number of phenols is 1. The third-order valence-electron chi connectivity index (χ3n) is 3.20. The van der Waals surface area contributed by atoms with Crippen LogP contribution in [0.3, 0.4) is 0 Å². The molecule has 0 aromatic heterocycles. The van der Waals surface area contributed by atoms with Crippen LogP contribution in [0, 0.1) is 0 Å². The van der Waals surface area contributed by atoms with E-state index in [0.29, 0.717) is 11.8 Å². The van der Waals surface area contributed by atoms with Crippen molar-refractivity contribution in [3.8, 4) is 5.75 Å². The van der Waals surface area contributed by atoms with E-state index in [4.69, 9.17) is 0 Å². The average molecular weight is 300 g/mol. The Labute approximate surface area is 113 Å². The fraction of sp³-hybridized carbons (Fsp3) is 0.571. The van der Waals surface area contributed by atoms with Crippen LogP contribution >= 0.6 is 15.9 Å². The van der Waals surface area contributed by atoms with Crippen LogP contribution < -0.4 is 5.32 Å². The molecule has 0 saturated carbocycles. The SMILES string of the molecule is CCC(CC)NC(CC)c1cc(Br)ccc1O. The Hall–Kier alpha value is -0.540. The number of hydrogen-bond acceptors (Lipinski definition) is 2. The second kappa shape index (κ2) is 7.02. The van der Waals surface area contributed by atoms with Crippen molar-refractivity contribution in [1.29, 1.82) is 0 Å². The molecule has 0 bridgehead atoms. The summed E-state index contributed by atoms with van der Waals surface area (Å²) in [6.45, 7) is 6.52. The van der Waals surface area contributed by atoms with Gasteiger partial charge in [-0.25, -0.2) is 0 Å². The Morgan fingerprint density at radius 1 is 1.18 bits per heavy atom. The van der Waals surface area contributed by atoms with E-state index in [9.17, 15) is 5.11 Å². The first-order valence-electron chi connectivity index (χ1n) is 6.36. The largest absolute Gasteiger partial charge is 0.508 e. The maximum atomic E-state index is 9.93. The first-order valence-corrected chi connectivity index (χ1v) is 7.16. The minimum Gasteiger partial charge on any atom is -0.508 e. The lowest BCUT2D eigenvalue weighted by atomic mass is 10.0. The van der Waals surface area contributed by atoms with Gasteiger partial charge in [0.25, 0.3) is 0 Å². The Balaban J connectivity index is 2.89. The molecule has 0 saturated heterocycles. The highest BCUT2D eigenvalue weighted by Crippen LogP contribution is 2.30. The first kappa shape index (κ1) is 14.5. The lowest BCUT2D eigenvalue weighted by Gasteiger charge is -2.24. The van der Waals surface area contributed by atoms with E-state index in [0.717, 1.165) is 29.3 Å². The van der Waals surface area contributed by atoms with Gasteiger partial charge in [-0.1, -0.05) is 36.7 Å². The second-order valence-electron chi connectivity index (χ2n) is 4.34. The number of phenolic OH excluding ortho intramolecular Hbond substituents is 1. The molecule has 3 heteroatoms. The summed E-state index contributed by atoms with van der Waals surface area (Å²) in [5.41, 5.74) is 0.980. The molecule has 2 nitrogen and oxygen atoms in total. The average Bonchev–Trinajstić information content (AvgIpc) is 2.34. The zero-order chi connectivity index (χ0) is 12.8. The van der Waals surface area contributed by atoms with Crippen molar-refractivity contribution >= 4 is 15.9 Å². The molecule has 2 N–H and O–H groups in total. The smallest absolute Gasteiger partial charge is 0.120 e. The van der Waals surface area contributed by atoms with Gasteiger partial charge in [-0.05, 0) is 37.5 Å². The summed E-state index contributed by atoms with van der Waals surface area (Å²) in [5, 5.41) is 13.5. The zero-order valence-corrected chi connectivity index (χ0v) is 12.4. The Morgan fingerprint density at radius 3 is 2.35 bits per heavy atom. The standard InChI is InChI=1S/C14H22BrNO/c1-4-11(5-2)16-13(6-3)12-9-10(15)7-8-14(12)17/h7-9,11,13,16-17H,4-6H2,1-3H3. The first-order chi connectivity index (χ1) is 8.12. The number of hydrogen-bond donors (Lipinski definition) is 2. The van der Waals surface area contributed by atoms with Gasteiger partial charge in [0, 0.05) is 22.1 Å². The molecule has 1 aromatic rings. The molecule has 0 heterocycles. The number of benzene rings is 1. The van der Waals surface area contributed by atoms with Gasteiger partial charge in [0.1, 0.15) is 5.75 Å². The highest BCUT2D eigenvalue weighted by Gasteiger charge is 2.16. The highest BCUT2D eigenvalue weighted by atomic mass is 79.9. The van der Waals surface area contributed by atoms with E-state index >= 15 is 0 Å². The molecule has 0 aliphatic heterocycles. The van der Waals surface area contributed by atoms with Gasteiger partial charge in [-0.2, -0.15) is 0 Å². The molecule has 1 atom stereocenters. The summed E-state index contributed by atoms with van der Waals surface area (Å²) < 4.78 is 1.01. The quantitative estimate of drug-likeness (QED) is 0.817.